The van der Waals surface area contributed by atoms with Crippen LogP contribution in [0.5, 0.6) is 0 Å². The van der Waals surface area contributed by atoms with E-state index >= 15 is 0 Å². The average molecular weight is 447 g/mol. The van der Waals surface area contributed by atoms with Gasteiger partial charge in [-0.15, -0.1) is 11.3 Å². The van der Waals surface area contributed by atoms with E-state index < -0.39 is 23.5 Å². The molecule has 4 aromatic rings. The first kappa shape index (κ1) is 20.2. The molecule has 1 aliphatic rings. The summed E-state index contributed by atoms with van der Waals surface area (Å²) >= 11 is 1.42. The molecule has 0 bridgehead atoms. The highest BCUT2D eigenvalue weighted by Gasteiger charge is 2.46. The Labute approximate surface area is 187 Å². The van der Waals surface area contributed by atoms with Gasteiger partial charge in [0.2, 0.25) is 0 Å². The van der Waals surface area contributed by atoms with Crippen molar-refractivity contribution in [3.63, 3.8) is 0 Å². The maximum atomic E-state index is 13.3. The number of likely N-dealkylation sites (tertiary alicyclic amines) is 1. The standard InChI is InChI=1S/C25H19FN2O3S/c26-17-9-7-15(8-10-17)23(29)21-22(20-6-3-13-32-20)28(25(31)24(21)30)12-11-16-14-27-19-5-2-1-4-18(16)19/h1-10,13-14,22,27,29H,11-12H2/t22-/m1/s1. The molecule has 5 rings (SSSR count). The molecule has 160 valence electrons. The quantitative estimate of drug-likeness (QED) is 0.256. The Kier molecular flexibility index (Phi) is 5.11. The molecule has 0 spiro atoms. The molecule has 2 N–H and O–H groups in total. The van der Waals surface area contributed by atoms with Crippen LogP contribution in [0.2, 0.25) is 0 Å². The molecule has 2 aromatic heterocycles. The molecular formula is C25H19FN2O3S. The number of hydrogen-bond donors (Lipinski definition) is 2. The number of aromatic amines is 1. The number of fused-ring (bicyclic) bond motifs is 1. The van der Waals surface area contributed by atoms with Crippen LogP contribution in [0.3, 0.4) is 0 Å². The predicted molar refractivity (Wildman–Crippen MR) is 122 cm³/mol. The minimum atomic E-state index is -0.732. The van der Waals surface area contributed by atoms with Crippen molar-refractivity contribution in [2.75, 3.05) is 6.54 Å². The summed E-state index contributed by atoms with van der Waals surface area (Å²) in [6.45, 7) is 0.315. The monoisotopic (exact) mass is 446 g/mol. The third kappa shape index (κ3) is 3.40. The Balaban J connectivity index is 1.53. The molecule has 0 saturated carbocycles. The number of rotatable bonds is 5. The van der Waals surface area contributed by atoms with Gasteiger partial charge in [0.25, 0.3) is 11.7 Å². The van der Waals surface area contributed by atoms with E-state index in [1.165, 1.54) is 40.5 Å². The number of halogens is 1. The van der Waals surface area contributed by atoms with Crippen molar-refractivity contribution in [3.05, 3.63) is 99.6 Å². The summed E-state index contributed by atoms with van der Waals surface area (Å²) in [6.07, 6.45) is 2.47. The summed E-state index contributed by atoms with van der Waals surface area (Å²) < 4.78 is 13.3. The van der Waals surface area contributed by atoms with E-state index in [-0.39, 0.29) is 11.3 Å². The molecule has 1 aliphatic heterocycles. The molecule has 1 amide bonds. The Morgan fingerprint density at radius 2 is 1.84 bits per heavy atom. The topological polar surface area (TPSA) is 73.4 Å². The van der Waals surface area contributed by atoms with Crippen LogP contribution in [-0.4, -0.2) is 33.2 Å². The van der Waals surface area contributed by atoms with Crippen molar-refractivity contribution < 1.29 is 19.1 Å². The van der Waals surface area contributed by atoms with Crippen LogP contribution in [0.15, 0.2) is 77.8 Å². The third-order valence-corrected chi connectivity index (χ3v) is 6.69. The van der Waals surface area contributed by atoms with Crippen LogP contribution in [0.1, 0.15) is 22.0 Å². The van der Waals surface area contributed by atoms with Gasteiger partial charge in [0, 0.05) is 34.1 Å². The van der Waals surface area contributed by atoms with E-state index in [1.54, 1.807) is 0 Å². The van der Waals surface area contributed by atoms with Crippen LogP contribution in [0.4, 0.5) is 4.39 Å². The lowest BCUT2D eigenvalue weighted by Gasteiger charge is -2.24. The van der Waals surface area contributed by atoms with Crippen molar-refractivity contribution >= 4 is 39.7 Å². The van der Waals surface area contributed by atoms with E-state index in [0.29, 0.717) is 18.5 Å². The number of thiophene rings is 1. The highest BCUT2D eigenvalue weighted by atomic mass is 32.1. The van der Waals surface area contributed by atoms with Gasteiger partial charge < -0.3 is 15.0 Å². The summed E-state index contributed by atoms with van der Waals surface area (Å²) in [7, 11) is 0. The van der Waals surface area contributed by atoms with Gasteiger partial charge in [-0.25, -0.2) is 4.39 Å². The zero-order valence-corrected chi connectivity index (χ0v) is 17.7. The van der Waals surface area contributed by atoms with Gasteiger partial charge in [-0.05, 0) is 53.8 Å². The van der Waals surface area contributed by atoms with Crippen LogP contribution in [0.25, 0.3) is 16.7 Å². The van der Waals surface area contributed by atoms with Gasteiger partial charge >= 0.3 is 0 Å². The number of nitrogens with zero attached hydrogens (tertiary/aromatic N) is 1. The number of para-hydroxylation sites is 1. The lowest BCUT2D eigenvalue weighted by molar-refractivity contribution is -0.139. The largest absolute Gasteiger partial charge is 0.507 e. The number of aliphatic hydroxyl groups is 1. The first-order valence-electron chi connectivity index (χ1n) is 10.2. The summed E-state index contributed by atoms with van der Waals surface area (Å²) in [5, 5.41) is 13.9. The molecule has 1 fully saturated rings. The van der Waals surface area contributed by atoms with Crippen LogP contribution in [-0.2, 0) is 16.0 Å². The van der Waals surface area contributed by atoms with Crippen molar-refractivity contribution in [2.45, 2.75) is 12.5 Å². The number of aromatic nitrogens is 1. The lowest BCUT2D eigenvalue weighted by Crippen LogP contribution is -2.31. The zero-order valence-electron chi connectivity index (χ0n) is 16.9. The van der Waals surface area contributed by atoms with E-state index in [9.17, 15) is 19.1 Å². The fourth-order valence-electron chi connectivity index (χ4n) is 4.20. The maximum Gasteiger partial charge on any atom is 0.295 e. The van der Waals surface area contributed by atoms with E-state index in [1.807, 2.05) is 48.0 Å². The highest BCUT2D eigenvalue weighted by molar-refractivity contribution is 7.10. The van der Waals surface area contributed by atoms with Gasteiger partial charge in [0.15, 0.2) is 0 Å². The fraction of sp³-hybridized carbons (Fsp3) is 0.120. The second-order valence-corrected chi connectivity index (χ2v) is 8.60. The Morgan fingerprint density at radius 3 is 2.59 bits per heavy atom. The Morgan fingerprint density at radius 1 is 1.06 bits per heavy atom. The molecule has 0 unspecified atom stereocenters. The van der Waals surface area contributed by atoms with Gasteiger partial charge in [-0.1, -0.05) is 24.3 Å². The van der Waals surface area contributed by atoms with Crippen LogP contribution < -0.4 is 0 Å². The molecule has 1 atom stereocenters. The summed E-state index contributed by atoms with van der Waals surface area (Å²) in [4.78, 5) is 31.5. The van der Waals surface area contributed by atoms with Crippen molar-refractivity contribution in [2.24, 2.45) is 0 Å². The normalized spacial score (nSPS) is 18.0. The number of carbonyl (C=O) groups excluding carboxylic acids is 2. The molecule has 32 heavy (non-hydrogen) atoms. The second-order valence-electron chi connectivity index (χ2n) is 7.62. The number of ketones is 1. The summed E-state index contributed by atoms with van der Waals surface area (Å²) in [5.74, 6) is -2.12. The number of carbonyl (C=O) groups is 2. The first-order chi connectivity index (χ1) is 15.5. The van der Waals surface area contributed by atoms with Gasteiger partial charge in [0.05, 0.1) is 11.6 Å². The molecule has 0 radical (unpaired) electrons. The van der Waals surface area contributed by atoms with Crippen LogP contribution >= 0.6 is 11.3 Å². The number of nitrogens with one attached hydrogen (secondary N) is 1. The Hall–Kier alpha value is -3.71. The van der Waals surface area contributed by atoms with Crippen molar-refractivity contribution in [1.82, 2.24) is 9.88 Å². The number of benzene rings is 2. The summed E-state index contributed by atoms with van der Waals surface area (Å²) in [5.41, 5.74) is 2.38. The number of hydrogen-bond acceptors (Lipinski definition) is 4. The molecule has 3 heterocycles. The molecule has 1 saturated heterocycles. The number of H-pyrrole nitrogens is 1. The predicted octanol–water partition coefficient (Wildman–Crippen LogP) is 5.03. The van der Waals surface area contributed by atoms with E-state index in [2.05, 4.69) is 4.98 Å². The molecule has 0 aliphatic carbocycles. The third-order valence-electron chi connectivity index (χ3n) is 5.77. The van der Waals surface area contributed by atoms with Crippen molar-refractivity contribution in [3.8, 4) is 0 Å². The number of aliphatic hydroxyl groups excluding tert-OH is 1. The minimum Gasteiger partial charge on any atom is -0.507 e. The number of Topliss-reactive ketones (excluding diaryl/α,β-unsaturated/α-hetero) is 1. The maximum absolute atomic E-state index is 13.3. The molecular weight excluding hydrogens is 427 g/mol. The molecule has 2 aromatic carbocycles. The molecule has 7 heteroatoms. The molecule has 5 nitrogen and oxygen atoms in total. The van der Waals surface area contributed by atoms with Gasteiger partial charge in [0.1, 0.15) is 11.6 Å². The zero-order chi connectivity index (χ0) is 22.2. The van der Waals surface area contributed by atoms with E-state index in [0.717, 1.165) is 21.3 Å². The second kappa shape index (κ2) is 8.09. The van der Waals surface area contributed by atoms with Gasteiger partial charge in [-0.3, -0.25) is 9.59 Å². The van der Waals surface area contributed by atoms with Gasteiger partial charge in [-0.2, -0.15) is 0 Å². The smallest absolute Gasteiger partial charge is 0.295 e. The van der Waals surface area contributed by atoms with Crippen LogP contribution in [0, 0.1) is 5.82 Å². The van der Waals surface area contributed by atoms with Crippen molar-refractivity contribution in [1.29, 1.82) is 0 Å². The highest BCUT2D eigenvalue weighted by Crippen LogP contribution is 2.41. The Bertz CT molecular complexity index is 1340. The lowest BCUT2D eigenvalue weighted by atomic mass is 9.99. The summed E-state index contributed by atoms with van der Waals surface area (Å²) in [6, 6.07) is 16.1. The minimum absolute atomic E-state index is 0.0305. The first-order valence-corrected chi connectivity index (χ1v) is 11.1. The average Bonchev–Trinajstić information content (AvgIpc) is 3.52. The number of amides is 1. The SMILES string of the molecule is O=C1C(=O)N(CCc2c[nH]c3ccccc23)[C@H](c2cccs2)C1=C(O)c1ccc(F)cc1. The van der Waals surface area contributed by atoms with E-state index in [4.69, 9.17) is 0 Å². The fourth-order valence-corrected chi connectivity index (χ4v) is 5.04.